The smallest absolute Gasteiger partial charge is 0.125 e. The molecule has 0 fully saturated rings. The number of aliphatic hydroxyl groups excluding tert-OH is 1. The Labute approximate surface area is 146 Å². The summed E-state index contributed by atoms with van der Waals surface area (Å²) in [7, 11) is 0. The first-order valence-corrected chi connectivity index (χ1v) is 8.20. The second kappa shape index (κ2) is 7.99. The minimum Gasteiger partial charge on any atom is -0.489 e. The molecule has 0 saturated carbocycles. The number of aromatic nitrogens is 2. The lowest BCUT2D eigenvalue weighted by Crippen LogP contribution is -2.06. The molecular weight excluding hydrogens is 324 g/mol. The third kappa shape index (κ3) is 4.37. The number of hydrogen-bond donors (Lipinski definition) is 1. The molecule has 1 N–H and O–H groups in total. The van der Waals surface area contributed by atoms with Crippen LogP contribution in [0.15, 0.2) is 67.3 Å². The van der Waals surface area contributed by atoms with Gasteiger partial charge in [-0.15, -0.1) is 0 Å². The summed E-state index contributed by atoms with van der Waals surface area (Å²) in [6.07, 6.45) is 5.37. The fraction of sp³-hybridized carbons (Fsp3) is 0.211. The van der Waals surface area contributed by atoms with Gasteiger partial charge in [0.1, 0.15) is 12.4 Å². The number of benzene rings is 2. The van der Waals surface area contributed by atoms with Crippen LogP contribution in [0.4, 0.5) is 0 Å². The fourth-order valence-corrected chi connectivity index (χ4v) is 2.60. The zero-order valence-corrected chi connectivity index (χ0v) is 13.9. The Kier molecular flexibility index (Phi) is 5.51. The number of halogens is 1. The minimum atomic E-state index is -0.589. The summed E-state index contributed by atoms with van der Waals surface area (Å²) in [4.78, 5) is 4.01. The van der Waals surface area contributed by atoms with Gasteiger partial charge in [0, 0.05) is 29.5 Å². The van der Waals surface area contributed by atoms with E-state index in [0.29, 0.717) is 30.3 Å². The van der Waals surface area contributed by atoms with E-state index in [0.717, 1.165) is 11.1 Å². The van der Waals surface area contributed by atoms with E-state index in [2.05, 4.69) is 4.98 Å². The summed E-state index contributed by atoms with van der Waals surface area (Å²) < 4.78 is 7.84. The number of nitrogens with zero attached hydrogens (tertiary/aromatic N) is 2. The Morgan fingerprint density at radius 2 is 1.92 bits per heavy atom. The van der Waals surface area contributed by atoms with Gasteiger partial charge < -0.3 is 14.4 Å². The van der Waals surface area contributed by atoms with Gasteiger partial charge in [-0.3, -0.25) is 0 Å². The van der Waals surface area contributed by atoms with E-state index in [4.69, 9.17) is 16.3 Å². The maximum atomic E-state index is 10.5. The number of aryl methyl sites for hydroxylation is 1. The topological polar surface area (TPSA) is 47.3 Å². The molecule has 0 aliphatic rings. The van der Waals surface area contributed by atoms with Crippen LogP contribution in [0.1, 0.15) is 23.7 Å². The van der Waals surface area contributed by atoms with Crippen molar-refractivity contribution >= 4 is 11.6 Å². The quantitative estimate of drug-likeness (QED) is 0.698. The molecule has 0 aliphatic carbocycles. The molecule has 4 nitrogen and oxygen atoms in total. The molecule has 0 saturated heterocycles. The predicted octanol–water partition coefficient (Wildman–Crippen LogP) is 4.24. The number of rotatable bonds is 7. The monoisotopic (exact) mass is 342 g/mol. The van der Waals surface area contributed by atoms with Crippen LogP contribution >= 0.6 is 11.6 Å². The van der Waals surface area contributed by atoms with Crippen molar-refractivity contribution in [2.75, 3.05) is 0 Å². The van der Waals surface area contributed by atoms with E-state index in [-0.39, 0.29) is 0 Å². The Bertz CT molecular complexity index is 757. The molecule has 1 unspecified atom stereocenters. The molecule has 0 aliphatic heterocycles. The van der Waals surface area contributed by atoms with Crippen LogP contribution < -0.4 is 4.74 Å². The normalized spacial score (nSPS) is 12.1. The van der Waals surface area contributed by atoms with Crippen LogP contribution in [0.5, 0.6) is 5.75 Å². The SMILES string of the molecule is OC(CCn1ccnc1)c1ccccc1OCc1ccc(Cl)cc1. The highest BCUT2D eigenvalue weighted by molar-refractivity contribution is 6.30. The van der Waals surface area contributed by atoms with Crippen LogP contribution in [0, 0.1) is 0 Å². The van der Waals surface area contributed by atoms with Crippen molar-refractivity contribution in [3.63, 3.8) is 0 Å². The van der Waals surface area contributed by atoms with Crippen molar-refractivity contribution in [2.45, 2.75) is 25.7 Å². The number of para-hydroxylation sites is 1. The fourth-order valence-electron chi connectivity index (χ4n) is 2.47. The molecule has 0 spiro atoms. The first-order chi connectivity index (χ1) is 11.7. The summed E-state index contributed by atoms with van der Waals surface area (Å²) in [5, 5.41) is 11.2. The molecule has 2 aromatic carbocycles. The molecule has 3 aromatic rings. The number of aliphatic hydroxyl groups is 1. The molecule has 3 rings (SSSR count). The van der Waals surface area contributed by atoms with Crippen molar-refractivity contribution < 1.29 is 9.84 Å². The van der Waals surface area contributed by atoms with Gasteiger partial charge in [-0.25, -0.2) is 4.98 Å². The van der Waals surface area contributed by atoms with Gasteiger partial charge in [-0.05, 0) is 30.2 Å². The highest BCUT2D eigenvalue weighted by Crippen LogP contribution is 2.28. The molecule has 24 heavy (non-hydrogen) atoms. The van der Waals surface area contributed by atoms with E-state index in [1.54, 1.807) is 12.5 Å². The maximum Gasteiger partial charge on any atom is 0.125 e. The van der Waals surface area contributed by atoms with Crippen LogP contribution in [0.25, 0.3) is 0 Å². The van der Waals surface area contributed by atoms with Crippen molar-refractivity contribution in [3.8, 4) is 5.75 Å². The predicted molar refractivity (Wildman–Crippen MR) is 94.0 cm³/mol. The lowest BCUT2D eigenvalue weighted by molar-refractivity contribution is 0.154. The molecule has 0 amide bonds. The van der Waals surface area contributed by atoms with E-state index in [1.165, 1.54) is 0 Å². The minimum absolute atomic E-state index is 0.433. The van der Waals surface area contributed by atoms with Gasteiger partial charge in [0.2, 0.25) is 0 Å². The molecule has 0 radical (unpaired) electrons. The summed E-state index contributed by atoms with van der Waals surface area (Å²) in [5.41, 5.74) is 1.83. The third-order valence-electron chi connectivity index (χ3n) is 3.81. The van der Waals surface area contributed by atoms with E-state index < -0.39 is 6.10 Å². The molecule has 1 atom stereocenters. The Morgan fingerprint density at radius 3 is 2.67 bits per heavy atom. The van der Waals surface area contributed by atoms with E-state index >= 15 is 0 Å². The van der Waals surface area contributed by atoms with Gasteiger partial charge in [0.15, 0.2) is 0 Å². The average molecular weight is 343 g/mol. The largest absolute Gasteiger partial charge is 0.489 e. The van der Waals surface area contributed by atoms with Crippen molar-refractivity contribution in [1.82, 2.24) is 9.55 Å². The standard InChI is InChI=1S/C19H19ClN2O2/c20-16-7-5-15(6-8-16)13-24-19-4-2-1-3-17(19)18(23)9-11-22-12-10-21-14-22/h1-8,10,12,14,18,23H,9,11,13H2. The number of hydrogen-bond acceptors (Lipinski definition) is 3. The van der Waals surface area contributed by atoms with Gasteiger partial charge >= 0.3 is 0 Å². The van der Waals surface area contributed by atoms with Crippen LogP contribution in [0.2, 0.25) is 5.02 Å². The molecular formula is C19H19ClN2O2. The van der Waals surface area contributed by atoms with Gasteiger partial charge in [-0.1, -0.05) is 41.9 Å². The summed E-state index contributed by atoms with van der Waals surface area (Å²) in [6, 6.07) is 15.1. The second-order valence-electron chi connectivity index (χ2n) is 5.56. The maximum absolute atomic E-state index is 10.5. The zero-order valence-electron chi connectivity index (χ0n) is 13.2. The average Bonchev–Trinajstić information content (AvgIpc) is 3.13. The van der Waals surface area contributed by atoms with Crippen molar-refractivity contribution in [1.29, 1.82) is 0 Å². The molecule has 124 valence electrons. The molecule has 0 bridgehead atoms. The highest BCUT2D eigenvalue weighted by atomic mass is 35.5. The van der Waals surface area contributed by atoms with Crippen molar-refractivity contribution in [3.05, 3.63) is 83.4 Å². The molecule has 5 heteroatoms. The van der Waals surface area contributed by atoms with Crippen LogP contribution in [-0.2, 0) is 13.2 Å². The Morgan fingerprint density at radius 1 is 1.12 bits per heavy atom. The van der Waals surface area contributed by atoms with Gasteiger partial charge in [-0.2, -0.15) is 0 Å². The van der Waals surface area contributed by atoms with E-state index in [1.807, 2.05) is 59.3 Å². The van der Waals surface area contributed by atoms with Crippen LogP contribution in [-0.4, -0.2) is 14.7 Å². The van der Waals surface area contributed by atoms with E-state index in [9.17, 15) is 5.11 Å². The zero-order chi connectivity index (χ0) is 16.8. The Balaban J connectivity index is 1.64. The van der Waals surface area contributed by atoms with Crippen molar-refractivity contribution in [2.24, 2.45) is 0 Å². The second-order valence-corrected chi connectivity index (χ2v) is 5.99. The first kappa shape index (κ1) is 16.6. The number of ether oxygens (including phenoxy) is 1. The third-order valence-corrected chi connectivity index (χ3v) is 4.06. The molecule has 1 aromatic heterocycles. The Hall–Kier alpha value is -2.30. The summed E-state index contributed by atoms with van der Waals surface area (Å²) in [5.74, 6) is 0.700. The van der Waals surface area contributed by atoms with Crippen LogP contribution in [0.3, 0.4) is 0 Å². The summed E-state index contributed by atoms with van der Waals surface area (Å²) >= 11 is 5.89. The highest BCUT2D eigenvalue weighted by Gasteiger charge is 2.13. The lowest BCUT2D eigenvalue weighted by Gasteiger charge is -2.16. The first-order valence-electron chi connectivity index (χ1n) is 7.82. The van der Waals surface area contributed by atoms with Gasteiger partial charge in [0.05, 0.1) is 12.4 Å². The molecule has 1 heterocycles. The number of imidazole rings is 1. The summed E-state index contributed by atoms with van der Waals surface area (Å²) in [6.45, 7) is 1.13. The van der Waals surface area contributed by atoms with Gasteiger partial charge in [0.25, 0.3) is 0 Å². The lowest BCUT2D eigenvalue weighted by atomic mass is 10.1.